The maximum Gasteiger partial charge on any atom is 0.387 e. The van der Waals surface area contributed by atoms with Crippen molar-refractivity contribution in [2.75, 3.05) is 13.7 Å². The number of ether oxygens (including phenoxy) is 2. The van der Waals surface area contributed by atoms with Gasteiger partial charge in [0.2, 0.25) is 0 Å². The summed E-state index contributed by atoms with van der Waals surface area (Å²) in [5, 5.41) is 0. The fourth-order valence-corrected chi connectivity index (χ4v) is 1.20. The van der Waals surface area contributed by atoms with Crippen LogP contribution in [0.3, 0.4) is 0 Å². The molecule has 1 rings (SSSR count). The molecule has 0 aromatic heterocycles. The normalized spacial score (nSPS) is 10.3. The molecule has 0 aliphatic carbocycles. The van der Waals surface area contributed by atoms with Crippen LogP contribution in [0.15, 0.2) is 18.2 Å². The van der Waals surface area contributed by atoms with Crippen molar-refractivity contribution in [2.45, 2.75) is 13.5 Å². The van der Waals surface area contributed by atoms with E-state index in [0.29, 0.717) is 6.61 Å². The predicted octanol–water partition coefficient (Wildman–Crippen LogP) is 1.98. The first-order valence-corrected chi connectivity index (χ1v) is 5.13. The van der Waals surface area contributed by atoms with Gasteiger partial charge in [-0.05, 0) is 25.1 Å². The summed E-state index contributed by atoms with van der Waals surface area (Å²) in [6, 6.07) is 3.84. The van der Waals surface area contributed by atoms with Crippen LogP contribution < -0.4 is 15.0 Å². The summed E-state index contributed by atoms with van der Waals surface area (Å²) in [5.74, 6) is -0.598. The maximum absolute atomic E-state index is 12.1. The zero-order valence-corrected chi connectivity index (χ0v) is 9.91. The Kier molecular flexibility index (Phi) is 5.31. The van der Waals surface area contributed by atoms with Crippen LogP contribution in [-0.2, 0) is 4.84 Å². The van der Waals surface area contributed by atoms with Gasteiger partial charge in [-0.2, -0.15) is 8.78 Å². The average Bonchev–Trinajstić information content (AvgIpc) is 2.35. The van der Waals surface area contributed by atoms with Gasteiger partial charge in [-0.25, -0.2) is 5.48 Å². The van der Waals surface area contributed by atoms with Crippen molar-refractivity contribution >= 4 is 5.91 Å². The van der Waals surface area contributed by atoms with E-state index in [1.807, 2.05) is 0 Å². The van der Waals surface area contributed by atoms with Crippen LogP contribution in [0.2, 0.25) is 0 Å². The molecule has 0 spiro atoms. The Labute approximate surface area is 103 Å². The number of carbonyl (C=O) groups is 1. The third-order valence-corrected chi connectivity index (χ3v) is 1.95. The lowest BCUT2D eigenvalue weighted by molar-refractivity contribution is -0.0512. The van der Waals surface area contributed by atoms with Gasteiger partial charge >= 0.3 is 6.61 Å². The van der Waals surface area contributed by atoms with E-state index in [4.69, 9.17) is 9.57 Å². The summed E-state index contributed by atoms with van der Waals surface area (Å²) in [6.45, 7) is -0.933. The van der Waals surface area contributed by atoms with Gasteiger partial charge in [0.1, 0.15) is 0 Å². The lowest BCUT2D eigenvalue weighted by Gasteiger charge is -2.11. The van der Waals surface area contributed by atoms with Crippen molar-refractivity contribution in [1.82, 2.24) is 5.48 Å². The van der Waals surface area contributed by atoms with E-state index in [0.717, 1.165) is 0 Å². The Balaban J connectivity index is 2.87. The molecule has 100 valence electrons. The van der Waals surface area contributed by atoms with E-state index in [1.54, 1.807) is 6.92 Å². The average molecular weight is 261 g/mol. The Morgan fingerprint density at radius 3 is 2.67 bits per heavy atom. The van der Waals surface area contributed by atoms with E-state index in [1.165, 1.54) is 25.3 Å². The lowest BCUT2D eigenvalue weighted by Crippen LogP contribution is -2.23. The number of carbonyl (C=O) groups excluding carboxylic acids is 1. The quantitative estimate of drug-likeness (QED) is 0.795. The molecule has 0 bridgehead atoms. The van der Waals surface area contributed by atoms with Gasteiger partial charge in [0.15, 0.2) is 11.5 Å². The van der Waals surface area contributed by atoms with Crippen molar-refractivity contribution in [3.05, 3.63) is 23.8 Å². The molecular weight excluding hydrogens is 248 g/mol. The minimum absolute atomic E-state index is 0.0412. The van der Waals surface area contributed by atoms with Crippen LogP contribution in [0.25, 0.3) is 0 Å². The minimum atomic E-state index is -2.96. The van der Waals surface area contributed by atoms with E-state index in [-0.39, 0.29) is 17.1 Å². The summed E-state index contributed by atoms with van der Waals surface area (Å²) in [4.78, 5) is 16.3. The third-order valence-electron chi connectivity index (χ3n) is 1.95. The zero-order chi connectivity index (χ0) is 13.5. The van der Waals surface area contributed by atoms with E-state index in [2.05, 4.69) is 10.2 Å². The van der Waals surface area contributed by atoms with Crippen LogP contribution >= 0.6 is 0 Å². The first kappa shape index (κ1) is 14.2. The predicted molar refractivity (Wildman–Crippen MR) is 58.7 cm³/mol. The summed E-state index contributed by atoms with van der Waals surface area (Å²) in [5.41, 5.74) is 2.39. The van der Waals surface area contributed by atoms with Gasteiger partial charge in [0.25, 0.3) is 5.91 Å². The first-order valence-electron chi connectivity index (χ1n) is 5.13. The molecule has 0 radical (unpaired) electrons. The van der Waals surface area contributed by atoms with Gasteiger partial charge in [0, 0.05) is 5.56 Å². The second-order valence-electron chi connectivity index (χ2n) is 3.11. The molecule has 0 saturated carbocycles. The van der Waals surface area contributed by atoms with E-state index in [9.17, 15) is 13.6 Å². The Morgan fingerprint density at radius 2 is 2.11 bits per heavy atom. The number of hydroxylamine groups is 1. The maximum atomic E-state index is 12.1. The molecule has 0 fully saturated rings. The molecule has 0 unspecified atom stereocenters. The molecule has 7 heteroatoms. The van der Waals surface area contributed by atoms with Crippen molar-refractivity contribution in [1.29, 1.82) is 0 Å². The SMILES string of the molecule is CCONC(=O)c1ccc(OC(F)F)c(OC)c1. The molecule has 1 N–H and O–H groups in total. The number of halogens is 2. The van der Waals surface area contributed by atoms with E-state index < -0.39 is 12.5 Å². The third kappa shape index (κ3) is 3.85. The largest absolute Gasteiger partial charge is 0.493 e. The highest BCUT2D eigenvalue weighted by Gasteiger charge is 2.14. The highest BCUT2D eigenvalue weighted by molar-refractivity contribution is 5.94. The Hall–Kier alpha value is -1.89. The van der Waals surface area contributed by atoms with Crippen LogP contribution in [0.5, 0.6) is 11.5 Å². The molecule has 0 aliphatic rings. The van der Waals surface area contributed by atoms with Crippen molar-refractivity contribution in [2.24, 2.45) is 0 Å². The van der Waals surface area contributed by atoms with Gasteiger partial charge in [-0.3, -0.25) is 9.63 Å². The van der Waals surface area contributed by atoms with Gasteiger partial charge < -0.3 is 9.47 Å². The molecule has 0 saturated heterocycles. The van der Waals surface area contributed by atoms with Gasteiger partial charge in [0.05, 0.1) is 13.7 Å². The van der Waals surface area contributed by atoms with Gasteiger partial charge in [-0.1, -0.05) is 0 Å². The Bertz CT molecular complexity index is 412. The molecule has 1 aromatic carbocycles. The molecule has 1 aromatic rings. The number of alkyl halides is 2. The highest BCUT2D eigenvalue weighted by atomic mass is 19.3. The van der Waals surface area contributed by atoms with Crippen LogP contribution in [0, 0.1) is 0 Å². The monoisotopic (exact) mass is 261 g/mol. The summed E-state index contributed by atoms with van der Waals surface area (Å²) >= 11 is 0. The number of amides is 1. The molecule has 0 aliphatic heterocycles. The molecule has 0 heterocycles. The fraction of sp³-hybridized carbons (Fsp3) is 0.364. The van der Waals surface area contributed by atoms with Crippen molar-refractivity contribution in [3.63, 3.8) is 0 Å². The highest BCUT2D eigenvalue weighted by Crippen LogP contribution is 2.29. The summed E-state index contributed by atoms with van der Waals surface area (Å²) in [7, 11) is 1.29. The van der Waals surface area contributed by atoms with Crippen LogP contribution in [-0.4, -0.2) is 26.2 Å². The molecule has 0 atom stereocenters. The first-order chi connectivity index (χ1) is 8.58. The summed E-state index contributed by atoms with van der Waals surface area (Å²) < 4.78 is 33.3. The number of hydrogen-bond donors (Lipinski definition) is 1. The standard InChI is InChI=1S/C11H13F2NO4/c1-3-17-14-10(15)7-4-5-8(18-11(12)13)9(6-7)16-2/h4-6,11H,3H2,1-2H3,(H,14,15). The molecule has 1 amide bonds. The fourth-order valence-electron chi connectivity index (χ4n) is 1.20. The molecule has 18 heavy (non-hydrogen) atoms. The number of nitrogens with one attached hydrogen (secondary N) is 1. The number of benzene rings is 1. The summed E-state index contributed by atoms with van der Waals surface area (Å²) in [6.07, 6.45) is 0. The van der Waals surface area contributed by atoms with Crippen molar-refractivity contribution < 1.29 is 27.9 Å². The van der Waals surface area contributed by atoms with Crippen LogP contribution in [0.1, 0.15) is 17.3 Å². The molecule has 5 nitrogen and oxygen atoms in total. The van der Waals surface area contributed by atoms with Crippen LogP contribution in [0.4, 0.5) is 8.78 Å². The minimum Gasteiger partial charge on any atom is -0.493 e. The Morgan fingerprint density at radius 1 is 1.39 bits per heavy atom. The topological polar surface area (TPSA) is 56.8 Å². The van der Waals surface area contributed by atoms with Gasteiger partial charge in [-0.15, -0.1) is 0 Å². The number of methoxy groups -OCH3 is 1. The second-order valence-corrected chi connectivity index (χ2v) is 3.11. The number of hydrogen-bond acceptors (Lipinski definition) is 4. The van der Waals surface area contributed by atoms with E-state index >= 15 is 0 Å². The smallest absolute Gasteiger partial charge is 0.387 e. The van der Waals surface area contributed by atoms with Crippen molar-refractivity contribution in [3.8, 4) is 11.5 Å². The second kappa shape index (κ2) is 6.75. The lowest BCUT2D eigenvalue weighted by atomic mass is 10.2. The number of rotatable bonds is 6. The molecular formula is C11H13F2NO4. The zero-order valence-electron chi connectivity index (χ0n) is 9.91.